The average molecular weight is 369 g/mol. The van der Waals surface area contributed by atoms with Crippen LogP contribution in [0.4, 0.5) is 0 Å². The standard InChI is InChI=1S/C16H23N3O5S/c1-11(19-5-3-4-6-19)18-16(20)13-9-12(25(21,22)17-2)10-14-15(13)24-8-7-23-14/h9-11,17H,3-8H2,1-2H3,(H,18,20). The number of rotatable bonds is 5. The van der Waals surface area contributed by atoms with Crippen LogP contribution in [-0.2, 0) is 10.0 Å². The molecule has 2 aliphatic rings. The van der Waals surface area contributed by atoms with Gasteiger partial charge in [-0.2, -0.15) is 0 Å². The minimum atomic E-state index is -3.71. The molecular formula is C16H23N3O5S. The molecule has 3 rings (SSSR count). The minimum Gasteiger partial charge on any atom is -0.486 e. The number of likely N-dealkylation sites (tertiary alicyclic amines) is 1. The number of carbonyl (C=O) groups excluding carboxylic acids is 1. The smallest absolute Gasteiger partial charge is 0.256 e. The van der Waals surface area contributed by atoms with Crippen molar-refractivity contribution in [1.29, 1.82) is 0 Å². The molecule has 1 amide bonds. The van der Waals surface area contributed by atoms with Crippen LogP contribution in [0.2, 0.25) is 0 Å². The van der Waals surface area contributed by atoms with Crippen molar-refractivity contribution in [3.05, 3.63) is 17.7 Å². The van der Waals surface area contributed by atoms with E-state index in [0.717, 1.165) is 25.9 Å². The highest BCUT2D eigenvalue weighted by molar-refractivity contribution is 7.89. The van der Waals surface area contributed by atoms with Gasteiger partial charge in [-0.15, -0.1) is 0 Å². The second-order valence-corrected chi connectivity index (χ2v) is 7.98. The van der Waals surface area contributed by atoms with Crippen molar-refractivity contribution in [3.63, 3.8) is 0 Å². The summed E-state index contributed by atoms with van der Waals surface area (Å²) in [5.74, 6) is 0.170. The third-order valence-electron chi connectivity index (χ3n) is 4.47. The predicted molar refractivity (Wildman–Crippen MR) is 91.4 cm³/mol. The lowest BCUT2D eigenvalue weighted by molar-refractivity contribution is 0.0874. The van der Waals surface area contributed by atoms with Crippen LogP contribution in [0.1, 0.15) is 30.1 Å². The van der Waals surface area contributed by atoms with Crippen molar-refractivity contribution in [2.24, 2.45) is 0 Å². The highest BCUT2D eigenvalue weighted by Crippen LogP contribution is 2.36. The number of hydrogen-bond acceptors (Lipinski definition) is 6. The molecular weight excluding hydrogens is 346 g/mol. The Labute approximate surface area is 147 Å². The molecule has 1 aromatic rings. The van der Waals surface area contributed by atoms with Crippen molar-refractivity contribution in [3.8, 4) is 11.5 Å². The van der Waals surface area contributed by atoms with Gasteiger partial charge in [0.05, 0.1) is 16.6 Å². The Morgan fingerprint density at radius 1 is 1.20 bits per heavy atom. The SMILES string of the molecule is CNS(=O)(=O)c1cc2c(c(C(=O)NC(C)N3CCCC3)c1)OCCO2. The van der Waals surface area contributed by atoms with Gasteiger partial charge in [-0.3, -0.25) is 9.69 Å². The number of carbonyl (C=O) groups is 1. The molecule has 2 heterocycles. The summed E-state index contributed by atoms with van der Waals surface area (Å²) in [4.78, 5) is 14.9. The maximum Gasteiger partial charge on any atom is 0.256 e. The fraction of sp³-hybridized carbons (Fsp3) is 0.562. The number of sulfonamides is 1. The van der Waals surface area contributed by atoms with E-state index in [1.807, 2.05) is 6.92 Å². The quantitative estimate of drug-likeness (QED) is 0.786. The van der Waals surface area contributed by atoms with E-state index < -0.39 is 10.0 Å². The Bertz CT molecular complexity index is 759. The van der Waals surface area contributed by atoms with Crippen LogP contribution in [-0.4, -0.2) is 58.7 Å². The fourth-order valence-corrected chi connectivity index (χ4v) is 3.83. The monoisotopic (exact) mass is 369 g/mol. The van der Waals surface area contributed by atoms with Crippen LogP contribution in [0, 0.1) is 0 Å². The number of nitrogens with one attached hydrogen (secondary N) is 2. The molecule has 25 heavy (non-hydrogen) atoms. The summed E-state index contributed by atoms with van der Waals surface area (Å²) in [6.45, 7) is 4.41. The molecule has 2 N–H and O–H groups in total. The first-order chi connectivity index (χ1) is 11.9. The molecule has 0 aromatic heterocycles. The summed E-state index contributed by atoms with van der Waals surface area (Å²) < 4.78 is 37.6. The largest absolute Gasteiger partial charge is 0.486 e. The van der Waals surface area contributed by atoms with E-state index in [1.165, 1.54) is 19.2 Å². The van der Waals surface area contributed by atoms with Crippen molar-refractivity contribution >= 4 is 15.9 Å². The molecule has 2 aliphatic heterocycles. The predicted octanol–water partition coefficient (Wildman–Crippen LogP) is 0.538. The van der Waals surface area contributed by atoms with Crippen LogP contribution in [0.15, 0.2) is 17.0 Å². The van der Waals surface area contributed by atoms with Gasteiger partial charge in [-0.05, 0) is 32.9 Å². The van der Waals surface area contributed by atoms with E-state index >= 15 is 0 Å². The third-order valence-corrected chi connectivity index (χ3v) is 5.86. The molecule has 1 unspecified atom stereocenters. The van der Waals surface area contributed by atoms with Crippen molar-refractivity contribution in [2.45, 2.75) is 30.8 Å². The van der Waals surface area contributed by atoms with Crippen LogP contribution < -0.4 is 19.5 Å². The van der Waals surface area contributed by atoms with Crippen LogP contribution in [0.25, 0.3) is 0 Å². The van der Waals surface area contributed by atoms with Gasteiger partial charge >= 0.3 is 0 Å². The normalized spacial score (nSPS) is 18.8. The molecule has 0 bridgehead atoms. The lowest BCUT2D eigenvalue weighted by Crippen LogP contribution is -2.45. The molecule has 1 fully saturated rings. The molecule has 9 heteroatoms. The van der Waals surface area contributed by atoms with Crippen LogP contribution >= 0.6 is 0 Å². The van der Waals surface area contributed by atoms with Crippen molar-refractivity contribution in [1.82, 2.24) is 14.9 Å². The molecule has 1 aromatic carbocycles. The molecule has 8 nitrogen and oxygen atoms in total. The van der Waals surface area contributed by atoms with Crippen molar-refractivity contribution in [2.75, 3.05) is 33.4 Å². The topological polar surface area (TPSA) is 97.0 Å². The molecule has 1 atom stereocenters. The Balaban J connectivity index is 1.93. The number of amides is 1. The second kappa shape index (κ2) is 7.19. The highest BCUT2D eigenvalue weighted by atomic mass is 32.2. The zero-order chi connectivity index (χ0) is 18.0. The van der Waals surface area contributed by atoms with E-state index in [2.05, 4.69) is 14.9 Å². The first-order valence-corrected chi connectivity index (χ1v) is 9.83. The van der Waals surface area contributed by atoms with Crippen LogP contribution in [0.3, 0.4) is 0 Å². The van der Waals surface area contributed by atoms with Gasteiger partial charge in [0.1, 0.15) is 13.2 Å². The molecule has 0 saturated carbocycles. The van der Waals surface area contributed by atoms with Gasteiger partial charge in [0, 0.05) is 19.2 Å². The third kappa shape index (κ3) is 3.73. The fourth-order valence-electron chi connectivity index (χ4n) is 3.06. The minimum absolute atomic E-state index is 0.0294. The number of benzene rings is 1. The molecule has 0 radical (unpaired) electrons. The van der Waals surface area contributed by atoms with E-state index in [0.29, 0.717) is 13.2 Å². The summed E-state index contributed by atoms with van der Waals surface area (Å²) in [6, 6.07) is 2.70. The maximum atomic E-state index is 12.8. The summed E-state index contributed by atoms with van der Waals surface area (Å²) in [5.41, 5.74) is 0.164. The lowest BCUT2D eigenvalue weighted by Gasteiger charge is -2.26. The summed E-state index contributed by atoms with van der Waals surface area (Å²) in [7, 11) is -2.39. The highest BCUT2D eigenvalue weighted by Gasteiger charge is 2.27. The Kier molecular flexibility index (Phi) is 5.16. The average Bonchev–Trinajstić information content (AvgIpc) is 3.15. The Morgan fingerprint density at radius 3 is 2.56 bits per heavy atom. The molecule has 138 valence electrons. The number of hydrogen-bond donors (Lipinski definition) is 2. The van der Waals surface area contributed by atoms with Gasteiger partial charge in [0.15, 0.2) is 11.5 Å². The zero-order valence-electron chi connectivity index (χ0n) is 14.4. The van der Waals surface area contributed by atoms with Crippen LogP contribution in [0.5, 0.6) is 11.5 Å². The maximum absolute atomic E-state index is 12.8. The number of nitrogens with zero attached hydrogens (tertiary/aromatic N) is 1. The Hall–Kier alpha value is -1.84. The van der Waals surface area contributed by atoms with E-state index in [4.69, 9.17) is 9.47 Å². The van der Waals surface area contributed by atoms with Gasteiger partial charge in [-0.1, -0.05) is 0 Å². The first kappa shape index (κ1) is 18.0. The summed E-state index contributed by atoms with van der Waals surface area (Å²) in [5, 5.41) is 2.92. The Morgan fingerprint density at radius 2 is 1.88 bits per heavy atom. The number of ether oxygens (including phenoxy) is 2. The summed E-state index contributed by atoms with van der Waals surface area (Å²) >= 11 is 0. The van der Waals surface area contributed by atoms with Crippen molar-refractivity contribution < 1.29 is 22.7 Å². The molecule has 1 saturated heterocycles. The molecule has 0 aliphatic carbocycles. The van der Waals surface area contributed by atoms with Gasteiger partial charge < -0.3 is 14.8 Å². The van der Waals surface area contributed by atoms with Gasteiger partial charge in [0.25, 0.3) is 5.91 Å². The van der Waals surface area contributed by atoms with E-state index in [1.54, 1.807) is 0 Å². The van der Waals surface area contributed by atoms with E-state index in [9.17, 15) is 13.2 Å². The summed E-state index contributed by atoms with van der Waals surface area (Å²) in [6.07, 6.45) is 2.09. The second-order valence-electron chi connectivity index (χ2n) is 6.10. The molecule has 0 spiro atoms. The zero-order valence-corrected chi connectivity index (χ0v) is 15.2. The first-order valence-electron chi connectivity index (χ1n) is 8.34. The van der Waals surface area contributed by atoms with Gasteiger partial charge in [-0.25, -0.2) is 13.1 Å². The lowest BCUT2D eigenvalue weighted by atomic mass is 10.1. The van der Waals surface area contributed by atoms with Gasteiger partial charge in [0.2, 0.25) is 10.0 Å². The van der Waals surface area contributed by atoms with E-state index in [-0.39, 0.29) is 34.0 Å². The number of fused-ring (bicyclic) bond motifs is 1.